The zero-order valence-corrected chi connectivity index (χ0v) is 12.5. The van der Waals surface area contributed by atoms with Crippen LogP contribution in [0.15, 0.2) is 17.6 Å². The number of nitrogens with zero attached hydrogens (tertiary/aromatic N) is 4. The number of nitrogens with one attached hydrogen (secondary N) is 2. The van der Waals surface area contributed by atoms with Crippen molar-refractivity contribution >= 4 is 5.96 Å². The molecule has 0 bridgehead atoms. The monoisotopic (exact) mass is 264 g/mol. The van der Waals surface area contributed by atoms with E-state index in [4.69, 9.17) is 0 Å². The Hall–Kier alpha value is -1.85. The minimum Gasteiger partial charge on any atom is -0.353 e. The van der Waals surface area contributed by atoms with Gasteiger partial charge in [0, 0.05) is 19.1 Å². The zero-order valence-electron chi connectivity index (χ0n) is 12.5. The highest BCUT2D eigenvalue weighted by Gasteiger charge is 2.12. The van der Waals surface area contributed by atoms with Gasteiger partial charge in [0.15, 0.2) is 11.8 Å². The minimum atomic E-state index is -0.0528. The first-order chi connectivity index (χ1) is 8.83. The van der Waals surface area contributed by atoms with E-state index in [1.54, 1.807) is 6.08 Å². The van der Waals surface area contributed by atoms with Gasteiger partial charge in [0.1, 0.15) is 12.4 Å². The van der Waals surface area contributed by atoms with E-state index >= 15 is 0 Å². The molecule has 106 valence electrons. The van der Waals surface area contributed by atoms with Crippen molar-refractivity contribution in [3.63, 3.8) is 0 Å². The van der Waals surface area contributed by atoms with E-state index in [1.165, 1.54) is 0 Å². The number of aromatic nitrogens is 3. The van der Waals surface area contributed by atoms with Gasteiger partial charge in [0.25, 0.3) is 0 Å². The minimum absolute atomic E-state index is 0.0528. The highest BCUT2D eigenvalue weighted by Crippen LogP contribution is 2.01. The van der Waals surface area contributed by atoms with Crippen LogP contribution >= 0.6 is 0 Å². The molecule has 1 heterocycles. The van der Waals surface area contributed by atoms with Crippen LogP contribution in [0, 0.1) is 6.92 Å². The molecule has 19 heavy (non-hydrogen) atoms. The van der Waals surface area contributed by atoms with Gasteiger partial charge in [0.05, 0.1) is 0 Å². The molecule has 1 rings (SSSR count). The van der Waals surface area contributed by atoms with Crippen LogP contribution in [0.4, 0.5) is 0 Å². The van der Waals surface area contributed by atoms with Crippen LogP contribution in [-0.4, -0.2) is 32.8 Å². The van der Waals surface area contributed by atoms with Gasteiger partial charge < -0.3 is 15.2 Å². The molecule has 2 N–H and O–H groups in total. The van der Waals surface area contributed by atoms with E-state index in [1.807, 2.05) is 18.5 Å². The van der Waals surface area contributed by atoms with Crippen LogP contribution < -0.4 is 10.6 Å². The number of aryl methyl sites for hydroxylation is 1. The lowest BCUT2D eigenvalue weighted by atomic mass is 10.1. The molecule has 1 aromatic heterocycles. The lowest BCUT2D eigenvalue weighted by Gasteiger charge is -2.23. The molecule has 0 aromatic carbocycles. The predicted molar refractivity (Wildman–Crippen MR) is 78.0 cm³/mol. The third-order valence-electron chi connectivity index (χ3n) is 2.47. The summed E-state index contributed by atoms with van der Waals surface area (Å²) in [5, 5.41) is 14.6. The third kappa shape index (κ3) is 5.11. The lowest BCUT2D eigenvalue weighted by molar-refractivity contribution is 0.502. The summed E-state index contributed by atoms with van der Waals surface area (Å²) >= 11 is 0. The summed E-state index contributed by atoms with van der Waals surface area (Å²) in [6, 6.07) is 0. The maximum absolute atomic E-state index is 4.51. The summed E-state index contributed by atoms with van der Waals surface area (Å²) in [6.07, 6.45) is 1.80. The fourth-order valence-corrected chi connectivity index (χ4v) is 1.40. The van der Waals surface area contributed by atoms with Crippen molar-refractivity contribution in [1.82, 2.24) is 25.4 Å². The molecular weight excluding hydrogens is 240 g/mol. The SMILES string of the molecule is C=CCNC(=NCc1nnc(C)n1C)NC(C)(C)C. The van der Waals surface area contributed by atoms with Crippen LogP contribution in [-0.2, 0) is 13.6 Å². The second-order valence-corrected chi connectivity index (χ2v) is 5.43. The Balaban J connectivity index is 2.76. The van der Waals surface area contributed by atoms with Gasteiger partial charge in [-0.25, -0.2) is 4.99 Å². The molecule has 0 spiro atoms. The van der Waals surface area contributed by atoms with Crippen molar-refractivity contribution in [3.8, 4) is 0 Å². The third-order valence-corrected chi connectivity index (χ3v) is 2.47. The molecule has 0 atom stereocenters. The maximum Gasteiger partial charge on any atom is 0.192 e. The standard InChI is InChI=1S/C13H24N6/c1-7-8-14-12(16-13(3,4)5)15-9-11-18-17-10(2)19(11)6/h7H,1,8-9H2,2-6H3,(H2,14,15,16). The fourth-order valence-electron chi connectivity index (χ4n) is 1.40. The zero-order chi connectivity index (χ0) is 14.5. The molecule has 0 amide bonds. The van der Waals surface area contributed by atoms with Gasteiger partial charge in [-0.05, 0) is 27.7 Å². The number of aliphatic imine (C=N–C) groups is 1. The van der Waals surface area contributed by atoms with Crippen LogP contribution in [0.3, 0.4) is 0 Å². The largest absolute Gasteiger partial charge is 0.353 e. The fraction of sp³-hybridized carbons (Fsp3) is 0.615. The summed E-state index contributed by atoms with van der Waals surface area (Å²) < 4.78 is 1.94. The Labute approximate surface area is 115 Å². The van der Waals surface area contributed by atoms with E-state index in [-0.39, 0.29) is 5.54 Å². The summed E-state index contributed by atoms with van der Waals surface area (Å²) in [7, 11) is 1.94. The first kappa shape index (κ1) is 15.2. The molecule has 0 unspecified atom stereocenters. The van der Waals surface area contributed by atoms with Crippen LogP contribution in [0.2, 0.25) is 0 Å². The number of guanidine groups is 1. The Morgan fingerprint density at radius 1 is 1.42 bits per heavy atom. The molecule has 0 saturated heterocycles. The first-order valence-electron chi connectivity index (χ1n) is 6.36. The Kier molecular flexibility index (Phi) is 5.09. The second-order valence-electron chi connectivity index (χ2n) is 5.43. The second kappa shape index (κ2) is 6.36. The van der Waals surface area contributed by atoms with E-state index in [2.05, 4.69) is 53.2 Å². The number of rotatable bonds is 4. The van der Waals surface area contributed by atoms with Crippen LogP contribution in [0.25, 0.3) is 0 Å². The molecule has 0 fully saturated rings. The average molecular weight is 264 g/mol. The molecule has 1 aromatic rings. The van der Waals surface area contributed by atoms with E-state index in [0.717, 1.165) is 17.6 Å². The highest BCUT2D eigenvalue weighted by molar-refractivity contribution is 5.80. The van der Waals surface area contributed by atoms with E-state index in [9.17, 15) is 0 Å². The molecular formula is C13H24N6. The average Bonchev–Trinajstić information content (AvgIpc) is 2.62. The van der Waals surface area contributed by atoms with Crippen LogP contribution in [0.5, 0.6) is 0 Å². The van der Waals surface area contributed by atoms with Crippen molar-refractivity contribution in [2.45, 2.75) is 39.8 Å². The number of hydrogen-bond donors (Lipinski definition) is 2. The maximum atomic E-state index is 4.51. The van der Waals surface area contributed by atoms with Crippen molar-refractivity contribution < 1.29 is 0 Å². The van der Waals surface area contributed by atoms with Gasteiger partial charge >= 0.3 is 0 Å². The predicted octanol–water partition coefficient (Wildman–Crippen LogP) is 1.14. The van der Waals surface area contributed by atoms with Gasteiger partial charge in [0.2, 0.25) is 0 Å². The Morgan fingerprint density at radius 3 is 2.58 bits per heavy atom. The molecule has 0 saturated carbocycles. The lowest BCUT2D eigenvalue weighted by Crippen LogP contribution is -2.47. The van der Waals surface area contributed by atoms with Crippen molar-refractivity contribution in [1.29, 1.82) is 0 Å². The van der Waals surface area contributed by atoms with Gasteiger partial charge in [-0.2, -0.15) is 0 Å². The summed E-state index contributed by atoms with van der Waals surface area (Å²) in [4.78, 5) is 4.51. The quantitative estimate of drug-likeness (QED) is 0.486. The summed E-state index contributed by atoms with van der Waals surface area (Å²) in [5.41, 5.74) is -0.0528. The van der Waals surface area contributed by atoms with E-state index in [0.29, 0.717) is 13.1 Å². The van der Waals surface area contributed by atoms with Crippen molar-refractivity contribution in [3.05, 3.63) is 24.3 Å². The molecule has 0 aliphatic carbocycles. The molecule has 6 nitrogen and oxygen atoms in total. The molecule has 0 radical (unpaired) electrons. The summed E-state index contributed by atoms with van der Waals surface area (Å²) in [5.74, 6) is 2.47. The first-order valence-corrected chi connectivity index (χ1v) is 6.36. The normalized spacial score (nSPS) is 12.4. The number of hydrogen-bond acceptors (Lipinski definition) is 3. The van der Waals surface area contributed by atoms with Crippen molar-refractivity contribution in [2.24, 2.45) is 12.0 Å². The highest BCUT2D eigenvalue weighted by atomic mass is 15.3. The topological polar surface area (TPSA) is 67.1 Å². The van der Waals surface area contributed by atoms with Gasteiger partial charge in [-0.15, -0.1) is 16.8 Å². The molecule has 6 heteroatoms. The smallest absolute Gasteiger partial charge is 0.192 e. The van der Waals surface area contributed by atoms with Crippen LogP contribution in [0.1, 0.15) is 32.4 Å². The Bertz CT molecular complexity index is 452. The molecule has 0 aliphatic rings. The Morgan fingerprint density at radius 2 is 2.11 bits per heavy atom. The van der Waals surface area contributed by atoms with Gasteiger partial charge in [-0.3, -0.25) is 0 Å². The van der Waals surface area contributed by atoms with E-state index < -0.39 is 0 Å². The van der Waals surface area contributed by atoms with Crippen molar-refractivity contribution in [2.75, 3.05) is 6.54 Å². The summed E-state index contributed by atoms with van der Waals surface area (Å²) in [6.45, 7) is 13.0. The van der Waals surface area contributed by atoms with Gasteiger partial charge in [-0.1, -0.05) is 6.08 Å². The molecule has 0 aliphatic heterocycles.